The highest BCUT2D eigenvalue weighted by Gasteiger charge is 2.28. The van der Waals surface area contributed by atoms with E-state index in [1.165, 1.54) is 30.4 Å². The zero-order valence-electron chi connectivity index (χ0n) is 16.1. The molecular weight excluding hydrogens is 342 g/mol. The predicted molar refractivity (Wildman–Crippen MR) is 103 cm³/mol. The van der Waals surface area contributed by atoms with Gasteiger partial charge in [0.25, 0.3) is 5.91 Å². The molecule has 7 heteroatoms. The third-order valence-electron chi connectivity index (χ3n) is 5.49. The Morgan fingerprint density at radius 2 is 2.00 bits per heavy atom. The van der Waals surface area contributed by atoms with Crippen LogP contribution in [0.25, 0.3) is 6.08 Å². The molecule has 1 saturated heterocycles. The number of carbonyl (C=O) groups is 1. The molecule has 2 aromatic rings. The summed E-state index contributed by atoms with van der Waals surface area (Å²) in [5, 5.41) is 8.15. The van der Waals surface area contributed by atoms with E-state index >= 15 is 0 Å². The number of hydrogen-bond acceptors (Lipinski definition) is 5. The number of nitrogens with one attached hydrogen (secondary N) is 2. The fourth-order valence-electron chi connectivity index (χ4n) is 3.85. The quantitative estimate of drug-likeness (QED) is 0.814. The van der Waals surface area contributed by atoms with Crippen LogP contribution >= 0.6 is 0 Å². The number of H-pyrrole nitrogens is 1. The van der Waals surface area contributed by atoms with Gasteiger partial charge in [-0.3, -0.25) is 9.69 Å². The number of amides is 1. The molecular formula is C20H25N5O2. The molecule has 0 atom stereocenters. The first-order valence-corrected chi connectivity index (χ1v) is 9.46. The Labute approximate surface area is 158 Å². The van der Waals surface area contributed by atoms with Crippen LogP contribution in [0.4, 0.5) is 0 Å². The Bertz CT molecular complexity index is 928. The molecule has 0 radical (unpaired) electrons. The minimum atomic E-state index is -0.225. The Morgan fingerprint density at radius 1 is 1.22 bits per heavy atom. The van der Waals surface area contributed by atoms with Gasteiger partial charge in [-0.1, -0.05) is 11.6 Å². The summed E-state index contributed by atoms with van der Waals surface area (Å²) in [5.74, 6) is -0.225. The second-order valence-electron chi connectivity index (χ2n) is 7.41. The fraction of sp³-hybridized carbons (Fsp3) is 0.450. The molecule has 2 aliphatic heterocycles. The summed E-state index contributed by atoms with van der Waals surface area (Å²) < 4.78 is 5.01. The molecule has 4 rings (SSSR count). The number of likely N-dealkylation sites (tertiary alicyclic amines) is 1. The molecule has 4 heterocycles. The van der Waals surface area contributed by atoms with Crippen LogP contribution in [-0.4, -0.2) is 39.7 Å². The third kappa shape index (κ3) is 3.35. The molecule has 0 saturated carbocycles. The maximum atomic E-state index is 12.3. The van der Waals surface area contributed by atoms with Crippen LogP contribution in [0.5, 0.6) is 0 Å². The zero-order chi connectivity index (χ0) is 19.0. The molecule has 2 aromatic heterocycles. The van der Waals surface area contributed by atoms with E-state index in [0.29, 0.717) is 17.0 Å². The molecule has 0 spiro atoms. The molecule has 142 valence electrons. The van der Waals surface area contributed by atoms with E-state index in [4.69, 9.17) is 4.52 Å². The van der Waals surface area contributed by atoms with Gasteiger partial charge in [-0.25, -0.2) is 5.43 Å². The van der Waals surface area contributed by atoms with Crippen molar-refractivity contribution >= 4 is 17.7 Å². The molecule has 7 nitrogen and oxygen atoms in total. The van der Waals surface area contributed by atoms with Crippen LogP contribution < -0.4 is 5.43 Å². The van der Waals surface area contributed by atoms with E-state index in [9.17, 15) is 4.79 Å². The summed E-state index contributed by atoms with van der Waals surface area (Å²) in [6, 6.07) is 0. The van der Waals surface area contributed by atoms with E-state index in [2.05, 4.69) is 39.4 Å². The van der Waals surface area contributed by atoms with Gasteiger partial charge in [-0.2, -0.15) is 5.10 Å². The molecule has 2 aliphatic rings. The first-order valence-electron chi connectivity index (χ1n) is 9.46. The van der Waals surface area contributed by atoms with Crippen molar-refractivity contribution in [3.63, 3.8) is 0 Å². The normalized spacial score (nSPS) is 19.6. The summed E-state index contributed by atoms with van der Waals surface area (Å²) >= 11 is 0. The monoisotopic (exact) mass is 367 g/mol. The first-order chi connectivity index (χ1) is 13.0. The molecule has 1 amide bonds. The second kappa shape index (κ2) is 7.15. The maximum absolute atomic E-state index is 12.3. The number of rotatable bonds is 4. The van der Waals surface area contributed by atoms with Crippen molar-refractivity contribution in [3.8, 4) is 0 Å². The largest absolute Gasteiger partial charge is 0.364 e. The van der Waals surface area contributed by atoms with Crippen LogP contribution in [0.1, 0.15) is 53.0 Å². The van der Waals surface area contributed by atoms with Crippen molar-refractivity contribution in [2.75, 3.05) is 13.1 Å². The molecule has 27 heavy (non-hydrogen) atoms. The van der Waals surface area contributed by atoms with Crippen LogP contribution in [0.3, 0.4) is 0 Å². The van der Waals surface area contributed by atoms with E-state index in [1.807, 2.05) is 13.0 Å². The van der Waals surface area contributed by atoms with Gasteiger partial charge < -0.3 is 9.51 Å². The summed E-state index contributed by atoms with van der Waals surface area (Å²) in [4.78, 5) is 18.3. The minimum absolute atomic E-state index is 0.225. The molecule has 1 fully saturated rings. The highest BCUT2D eigenvalue weighted by atomic mass is 16.5. The lowest BCUT2D eigenvalue weighted by molar-refractivity contribution is -0.116. The Kier molecular flexibility index (Phi) is 4.70. The SMILES string of the molecule is Cc1conc1C1=NNC(=O)C1=Cc1[nH]c(C)c(CN2CCCCC2)c1C. The van der Waals surface area contributed by atoms with Gasteiger partial charge in [0.15, 0.2) is 0 Å². The lowest BCUT2D eigenvalue weighted by atomic mass is 10.0. The summed E-state index contributed by atoms with van der Waals surface area (Å²) in [6.07, 6.45) is 7.31. The molecule has 2 N–H and O–H groups in total. The number of aryl methyl sites for hydroxylation is 2. The molecule has 0 aliphatic carbocycles. The van der Waals surface area contributed by atoms with Crippen molar-refractivity contribution in [1.82, 2.24) is 20.5 Å². The predicted octanol–water partition coefficient (Wildman–Crippen LogP) is 2.83. The van der Waals surface area contributed by atoms with Gasteiger partial charge in [-0.05, 0) is 63.9 Å². The number of carbonyl (C=O) groups excluding carboxylic acids is 1. The Balaban J connectivity index is 1.65. The van der Waals surface area contributed by atoms with Crippen LogP contribution in [0, 0.1) is 20.8 Å². The topological polar surface area (TPSA) is 86.5 Å². The van der Waals surface area contributed by atoms with Crippen molar-refractivity contribution in [3.05, 3.63) is 45.6 Å². The van der Waals surface area contributed by atoms with Crippen molar-refractivity contribution in [2.24, 2.45) is 5.10 Å². The van der Waals surface area contributed by atoms with E-state index in [1.54, 1.807) is 6.26 Å². The van der Waals surface area contributed by atoms with Crippen molar-refractivity contribution < 1.29 is 9.32 Å². The maximum Gasteiger partial charge on any atom is 0.273 e. The summed E-state index contributed by atoms with van der Waals surface area (Å²) in [5.41, 5.74) is 9.60. The Hall–Kier alpha value is -2.67. The smallest absolute Gasteiger partial charge is 0.273 e. The zero-order valence-corrected chi connectivity index (χ0v) is 16.1. The van der Waals surface area contributed by atoms with Gasteiger partial charge in [0.05, 0.1) is 5.57 Å². The van der Waals surface area contributed by atoms with Gasteiger partial charge in [-0.15, -0.1) is 0 Å². The van der Waals surface area contributed by atoms with Gasteiger partial charge >= 0.3 is 0 Å². The highest BCUT2D eigenvalue weighted by Crippen LogP contribution is 2.25. The molecule has 0 bridgehead atoms. The number of piperidine rings is 1. The van der Waals surface area contributed by atoms with E-state index in [0.717, 1.165) is 36.6 Å². The average Bonchev–Trinajstić information content (AvgIpc) is 3.31. The third-order valence-corrected chi connectivity index (χ3v) is 5.49. The van der Waals surface area contributed by atoms with Crippen LogP contribution in [-0.2, 0) is 11.3 Å². The minimum Gasteiger partial charge on any atom is -0.364 e. The number of aromatic amines is 1. The lowest BCUT2D eigenvalue weighted by Crippen LogP contribution is -2.29. The number of aromatic nitrogens is 2. The summed E-state index contributed by atoms with van der Waals surface area (Å²) in [6.45, 7) is 9.36. The van der Waals surface area contributed by atoms with Crippen LogP contribution in [0.2, 0.25) is 0 Å². The number of hydrogen-bond donors (Lipinski definition) is 2. The fourth-order valence-corrected chi connectivity index (χ4v) is 3.85. The molecule has 0 unspecified atom stereocenters. The first kappa shape index (κ1) is 17.7. The van der Waals surface area contributed by atoms with E-state index in [-0.39, 0.29) is 5.91 Å². The van der Waals surface area contributed by atoms with Crippen LogP contribution in [0.15, 0.2) is 21.5 Å². The van der Waals surface area contributed by atoms with Crippen molar-refractivity contribution in [2.45, 2.75) is 46.6 Å². The number of nitrogens with zero attached hydrogens (tertiary/aromatic N) is 3. The standard InChI is InChI=1S/C20H25N5O2/c1-12-11-27-24-18(12)19-15(20(26)23-22-19)9-17-13(2)16(14(3)21-17)10-25-7-5-4-6-8-25/h9,11,21H,4-8,10H2,1-3H3,(H,23,26). The highest BCUT2D eigenvalue weighted by molar-refractivity contribution is 6.32. The lowest BCUT2D eigenvalue weighted by Gasteiger charge is -2.26. The number of hydrazone groups is 1. The second-order valence-corrected chi connectivity index (χ2v) is 7.41. The van der Waals surface area contributed by atoms with Gasteiger partial charge in [0.2, 0.25) is 0 Å². The summed E-state index contributed by atoms with van der Waals surface area (Å²) in [7, 11) is 0. The molecule has 0 aromatic carbocycles. The van der Waals surface area contributed by atoms with Gasteiger partial charge in [0, 0.05) is 23.5 Å². The van der Waals surface area contributed by atoms with E-state index < -0.39 is 0 Å². The average molecular weight is 367 g/mol. The van der Waals surface area contributed by atoms with Crippen molar-refractivity contribution in [1.29, 1.82) is 0 Å². The van der Waals surface area contributed by atoms with Gasteiger partial charge in [0.1, 0.15) is 17.7 Å². The Morgan fingerprint density at radius 3 is 2.70 bits per heavy atom.